The van der Waals surface area contributed by atoms with Crippen LogP contribution in [0.15, 0.2) is 53.8 Å². The third-order valence-electron chi connectivity index (χ3n) is 6.52. The van der Waals surface area contributed by atoms with E-state index in [1.807, 2.05) is 53.6 Å². The van der Waals surface area contributed by atoms with Crippen molar-refractivity contribution in [2.75, 3.05) is 24.5 Å². The summed E-state index contributed by atoms with van der Waals surface area (Å²) in [7, 11) is 0. The zero-order valence-electron chi connectivity index (χ0n) is 19.6. The Morgan fingerprint density at radius 3 is 2.38 bits per heavy atom. The number of hydrogen-bond acceptors (Lipinski definition) is 3. The monoisotopic (exact) mass is 500 g/mol. The quantitative estimate of drug-likeness (QED) is 0.429. The van der Waals surface area contributed by atoms with Gasteiger partial charge in [-0.05, 0) is 50.1 Å². The Morgan fingerprint density at radius 2 is 1.76 bits per heavy atom. The van der Waals surface area contributed by atoms with Crippen molar-refractivity contribution < 1.29 is 4.79 Å². The number of carbonyl (C=O) groups is 1. The Kier molecular flexibility index (Phi) is 7.51. The highest BCUT2D eigenvalue weighted by Crippen LogP contribution is 2.33. The number of piperidine rings is 1. The number of halogens is 2. The number of hydrogen-bond donors (Lipinski definition) is 0. The number of rotatable bonds is 7. The number of carbonyl (C=O) groups excluding carboxylic acids is 1. The molecule has 3 aromatic rings. The zero-order valence-corrected chi connectivity index (χ0v) is 21.1. The molecule has 6 nitrogen and oxygen atoms in total. The maximum absolute atomic E-state index is 13.0. The summed E-state index contributed by atoms with van der Waals surface area (Å²) < 4.78 is 3.50. The van der Waals surface area contributed by atoms with E-state index in [2.05, 4.69) is 11.5 Å². The standard InChI is InChI=1S/C26H30Cl2N4O2/c1-4-25(33)32(22-10-9-19(27)17-21(22)28)20-11-13-29(14-12-20)15-16-30-23-7-5-6-8-24(23)31(18(2)3)26(30)34/h5-10,17,20H,2,4,11-16H2,1,3H3. The first kappa shape index (κ1) is 24.6. The molecule has 0 bridgehead atoms. The first-order valence-corrected chi connectivity index (χ1v) is 12.4. The van der Waals surface area contributed by atoms with Crippen LogP contribution in [0.2, 0.25) is 10.0 Å². The molecule has 0 radical (unpaired) electrons. The number of nitrogens with zero attached hydrogens (tertiary/aromatic N) is 4. The molecule has 0 spiro atoms. The number of para-hydroxylation sites is 2. The summed E-state index contributed by atoms with van der Waals surface area (Å²) in [6.45, 7) is 10.7. The Bertz CT molecular complexity index is 1270. The molecule has 0 aliphatic carbocycles. The molecule has 180 valence electrons. The second-order valence-corrected chi connectivity index (χ2v) is 9.62. The number of fused-ring (bicyclic) bond motifs is 1. The van der Waals surface area contributed by atoms with Gasteiger partial charge in [-0.3, -0.25) is 13.9 Å². The van der Waals surface area contributed by atoms with Crippen molar-refractivity contribution in [1.29, 1.82) is 0 Å². The van der Waals surface area contributed by atoms with E-state index in [-0.39, 0.29) is 17.6 Å². The normalized spacial score (nSPS) is 15.1. The van der Waals surface area contributed by atoms with Crippen molar-refractivity contribution in [2.24, 2.45) is 0 Å². The number of benzene rings is 2. The van der Waals surface area contributed by atoms with Crippen LogP contribution in [0.4, 0.5) is 5.69 Å². The van der Waals surface area contributed by atoms with Crippen LogP contribution in [0.1, 0.15) is 33.1 Å². The van der Waals surface area contributed by atoms with Gasteiger partial charge in [0.25, 0.3) is 0 Å². The van der Waals surface area contributed by atoms with E-state index in [0.29, 0.717) is 28.7 Å². The molecule has 0 N–H and O–H groups in total. The number of imidazole rings is 1. The lowest BCUT2D eigenvalue weighted by Crippen LogP contribution is -2.48. The van der Waals surface area contributed by atoms with Crippen molar-refractivity contribution in [1.82, 2.24) is 14.0 Å². The summed E-state index contributed by atoms with van der Waals surface area (Å²) in [6, 6.07) is 13.2. The molecule has 8 heteroatoms. The third kappa shape index (κ3) is 4.81. The van der Waals surface area contributed by atoms with Gasteiger partial charge in [0, 0.05) is 49.4 Å². The fraction of sp³-hybridized carbons (Fsp3) is 0.385. The molecule has 1 aromatic heterocycles. The van der Waals surface area contributed by atoms with Crippen LogP contribution >= 0.6 is 23.2 Å². The molecule has 1 aliphatic heterocycles. The zero-order chi connectivity index (χ0) is 24.4. The van der Waals surface area contributed by atoms with Crippen molar-refractivity contribution in [3.05, 3.63) is 69.6 Å². The second-order valence-electron chi connectivity index (χ2n) is 8.78. The van der Waals surface area contributed by atoms with E-state index < -0.39 is 0 Å². The van der Waals surface area contributed by atoms with Crippen LogP contribution in [0.25, 0.3) is 16.7 Å². The maximum atomic E-state index is 13.0. The van der Waals surface area contributed by atoms with Gasteiger partial charge in [0.05, 0.1) is 21.7 Å². The lowest BCUT2D eigenvalue weighted by Gasteiger charge is -2.39. The molecular formula is C26H30Cl2N4O2. The topological polar surface area (TPSA) is 50.5 Å². The Labute approximate surface area is 210 Å². The molecule has 4 rings (SSSR count). The van der Waals surface area contributed by atoms with Crippen LogP contribution in [-0.2, 0) is 11.3 Å². The molecule has 0 atom stereocenters. The number of allylic oxidation sites excluding steroid dienone is 1. The highest BCUT2D eigenvalue weighted by atomic mass is 35.5. The number of amides is 1. The van der Waals surface area contributed by atoms with E-state index in [0.717, 1.165) is 49.2 Å². The van der Waals surface area contributed by atoms with Crippen molar-refractivity contribution >= 4 is 51.5 Å². The Hall–Kier alpha value is -2.54. The molecular weight excluding hydrogens is 471 g/mol. The van der Waals surface area contributed by atoms with E-state index in [1.165, 1.54) is 0 Å². The van der Waals surface area contributed by atoms with Crippen molar-refractivity contribution in [3.8, 4) is 0 Å². The average Bonchev–Trinajstić information content (AvgIpc) is 3.11. The highest BCUT2D eigenvalue weighted by molar-refractivity contribution is 6.36. The van der Waals surface area contributed by atoms with Gasteiger partial charge in [0.1, 0.15) is 0 Å². The molecule has 0 saturated carbocycles. The Morgan fingerprint density at radius 1 is 1.09 bits per heavy atom. The van der Waals surface area contributed by atoms with Gasteiger partial charge in [-0.2, -0.15) is 0 Å². The maximum Gasteiger partial charge on any atom is 0.333 e. The van der Waals surface area contributed by atoms with Crippen LogP contribution in [0, 0.1) is 0 Å². The summed E-state index contributed by atoms with van der Waals surface area (Å²) >= 11 is 12.5. The van der Waals surface area contributed by atoms with Gasteiger partial charge in [0.2, 0.25) is 5.91 Å². The van der Waals surface area contributed by atoms with Gasteiger partial charge in [0.15, 0.2) is 0 Å². The van der Waals surface area contributed by atoms with Gasteiger partial charge in [-0.1, -0.05) is 48.8 Å². The SMILES string of the molecule is C=C(C)n1c(=O)n(CCN2CCC(N(C(=O)CC)c3ccc(Cl)cc3Cl)CC2)c2ccccc21. The summed E-state index contributed by atoms with van der Waals surface area (Å²) in [5, 5.41) is 1.04. The van der Waals surface area contributed by atoms with Crippen LogP contribution in [0.5, 0.6) is 0 Å². The molecule has 1 fully saturated rings. The van der Waals surface area contributed by atoms with E-state index >= 15 is 0 Å². The van der Waals surface area contributed by atoms with Crippen molar-refractivity contribution in [3.63, 3.8) is 0 Å². The van der Waals surface area contributed by atoms with Crippen LogP contribution in [0.3, 0.4) is 0 Å². The summed E-state index contributed by atoms with van der Waals surface area (Å²) in [4.78, 5) is 30.1. The minimum Gasteiger partial charge on any atom is -0.308 e. The average molecular weight is 501 g/mol. The smallest absolute Gasteiger partial charge is 0.308 e. The highest BCUT2D eigenvalue weighted by Gasteiger charge is 2.29. The second kappa shape index (κ2) is 10.4. The van der Waals surface area contributed by atoms with Crippen LogP contribution < -0.4 is 10.6 Å². The van der Waals surface area contributed by atoms with E-state index in [1.54, 1.807) is 16.7 Å². The predicted molar refractivity (Wildman–Crippen MR) is 141 cm³/mol. The van der Waals surface area contributed by atoms with E-state index in [9.17, 15) is 9.59 Å². The van der Waals surface area contributed by atoms with Gasteiger partial charge < -0.3 is 9.80 Å². The molecule has 34 heavy (non-hydrogen) atoms. The minimum atomic E-state index is -0.0549. The number of anilines is 1. The lowest BCUT2D eigenvalue weighted by molar-refractivity contribution is -0.119. The molecule has 1 amide bonds. The first-order chi connectivity index (χ1) is 16.3. The first-order valence-electron chi connectivity index (χ1n) is 11.7. The third-order valence-corrected chi connectivity index (χ3v) is 7.06. The van der Waals surface area contributed by atoms with Crippen LogP contribution in [-0.4, -0.2) is 45.6 Å². The Balaban J connectivity index is 1.46. The molecule has 1 saturated heterocycles. The van der Waals surface area contributed by atoms with Gasteiger partial charge >= 0.3 is 5.69 Å². The summed E-state index contributed by atoms with van der Waals surface area (Å²) in [5.41, 5.74) is 3.17. The largest absolute Gasteiger partial charge is 0.333 e. The number of likely N-dealkylation sites (tertiary alicyclic amines) is 1. The lowest BCUT2D eigenvalue weighted by atomic mass is 10.0. The van der Waals surface area contributed by atoms with Crippen molar-refractivity contribution in [2.45, 2.75) is 45.7 Å². The molecule has 0 unspecified atom stereocenters. The fourth-order valence-electron chi connectivity index (χ4n) is 4.82. The van der Waals surface area contributed by atoms with Gasteiger partial charge in [-0.25, -0.2) is 4.79 Å². The predicted octanol–water partition coefficient (Wildman–Crippen LogP) is 5.51. The van der Waals surface area contributed by atoms with E-state index in [4.69, 9.17) is 23.2 Å². The van der Waals surface area contributed by atoms with Gasteiger partial charge in [-0.15, -0.1) is 0 Å². The summed E-state index contributed by atoms with van der Waals surface area (Å²) in [5.74, 6) is 0.0572. The fourth-order valence-corrected chi connectivity index (χ4v) is 5.32. The summed E-state index contributed by atoms with van der Waals surface area (Å²) in [6.07, 6.45) is 2.09. The molecule has 2 heterocycles. The molecule has 1 aliphatic rings. The molecule has 2 aromatic carbocycles. The minimum absolute atomic E-state index is 0.0549. The number of aromatic nitrogens is 2.